The molecule has 0 radical (unpaired) electrons. The molecule has 1 saturated heterocycles. The summed E-state index contributed by atoms with van der Waals surface area (Å²) in [5.41, 5.74) is 20.1. The Morgan fingerprint density at radius 2 is 1.38 bits per heavy atom. The smallest absolute Gasteiger partial charge is 0.387 e. The van der Waals surface area contributed by atoms with Gasteiger partial charge in [-0.25, -0.2) is 19.5 Å². The van der Waals surface area contributed by atoms with Gasteiger partial charge in [0, 0.05) is 12.1 Å². The minimum atomic E-state index is -4.72. The topological polar surface area (TPSA) is 313 Å². The van der Waals surface area contributed by atoms with Gasteiger partial charge in [0.1, 0.15) is 30.2 Å². The molecule has 12 N–H and O–H groups in total. The Balaban J connectivity index is 0.000000264. The zero-order valence-electron chi connectivity index (χ0n) is 26.1. The number of hydrogen-bond donors (Lipinski definition) is 9. The molecular formula is C28H42N7O11PS. The molecular weight excluding hydrogens is 673 g/mol. The number of rotatable bonds is 8. The van der Waals surface area contributed by atoms with E-state index in [9.17, 15) is 14.8 Å². The third-order valence-corrected chi connectivity index (χ3v) is 6.69. The molecule has 0 amide bonds. The Labute approximate surface area is 277 Å². The van der Waals surface area contributed by atoms with Crippen molar-refractivity contribution in [3.8, 4) is 0 Å². The lowest BCUT2D eigenvalue weighted by atomic mass is 10.1. The third kappa shape index (κ3) is 15.2. The van der Waals surface area contributed by atoms with Crippen LogP contribution in [0.15, 0.2) is 73.3 Å². The van der Waals surface area contributed by atoms with E-state index in [1.807, 2.05) is 50.2 Å². The molecule has 2 unspecified atom stereocenters. The molecule has 5 rings (SSSR count). The predicted molar refractivity (Wildman–Crippen MR) is 175 cm³/mol. The standard InChI is InChI=1S/C10H14N5O7P.2C9H13N.H2O4S/c11-8-5-9(13-2-12-8)15(3-14-5)10-7(17)6(16)4(22-10)1-21-23(18,19)20;2*1-8(10)7-9-5-3-2-4-6-9;1-5(2,3)4/h2-4,6-7,10,16-17H,1H2,(H2,11,12,13)(H2,18,19,20);2*2-6,8H,7,10H2,1H3;(H2,1,2,3,4)/t4-,6-,7-,10-;;;/m1.../s1. The summed E-state index contributed by atoms with van der Waals surface area (Å²) in [7, 11) is -9.39. The van der Waals surface area contributed by atoms with Gasteiger partial charge in [-0.3, -0.25) is 18.2 Å². The van der Waals surface area contributed by atoms with E-state index in [1.165, 1.54) is 28.3 Å². The quantitative estimate of drug-likeness (QED) is 0.0892. The Kier molecular flexibility index (Phi) is 16.1. The Hall–Kier alpha value is -3.43. The number of anilines is 1. The first-order valence-electron chi connectivity index (χ1n) is 14.3. The van der Waals surface area contributed by atoms with Gasteiger partial charge < -0.3 is 41.9 Å². The maximum absolute atomic E-state index is 10.7. The van der Waals surface area contributed by atoms with Crippen molar-refractivity contribution in [1.82, 2.24) is 19.5 Å². The summed E-state index contributed by atoms with van der Waals surface area (Å²) in [6, 6.07) is 21.1. The van der Waals surface area contributed by atoms with Crippen molar-refractivity contribution in [1.29, 1.82) is 0 Å². The number of aliphatic hydroxyl groups is 2. The molecule has 1 aliphatic rings. The fourth-order valence-electron chi connectivity index (χ4n) is 4.30. The highest BCUT2D eigenvalue weighted by Crippen LogP contribution is 2.38. The number of phosphoric acid groups is 1. The lowest BCUT2D eigenvalue weighted by Crippen LogP contribution is -2.33. The summed E-state index contributed by atoms with van der Waals surface area (Å²) in [5.74, 6) is 0.142. The molecule has 0 spiro atoms. The van der Waals surface area contributed by atoms with Gasteiger partial charge in [-0.2, -0.15) is 8.42 Å². The molecule has 0 aliphatic carbocycles. The molecule has 18 nitrogen and oxygen atoms in total. The van der Waals surface area contributed by atoms with Crippen LogP contribution in [0, 0.1) is 0 Å². The van der Waals surface area contributed by atoms with Crippen LogP contribution in [0.2, 0.25) is 0 Å². The summed E-state index contributed by atoms with van der Waals surface area (Å²) < 4.78 is 53.4. The second-order valence-corrected chi connectivity index (χ2v) is 12.8. The highest BCUT2D eigenvalue weighted by Gasteiger charge is 2.45. The second-order valence-electron chi connectivity index (χ2n) is 10.7. The maximum Gasteiger partial charge on any atom is 0.469 e. The first-order valence-corrected chi connectivity index (χ1v) is 17.2. The predicted octanol–water partition coefficient (Wildman–Crippen LogP) is 0.637. The van der Waals surface area contributed by atoms with Crippen LogP contribution in [0.5, 0.6) is 0 Å². The lowest BCUT2D eigenvalue weighted by Gasteiger charge is -2.16. The average Bonchev–Trinajstić information content (AvgIpc) is 3.53. The molecule has 0 bridgehead atoms. The number of fused-ring (bicyclic) bond motifs is 1. The number of phosphoric ester groups is 1. The van der Waals surface area contributed by atoms with E-state index in [4.69, 9.17) is 49.2 Å². The minimum Gasteiger partial charge on any atom is -0.387 e. The molecule has 4 aromatic rings. The molecule has 2 aromatic heterocycles. The molecule has 20 heteroatoms. The highest BCUT2D eigenvalue weighted by atomic mass is 32.3. The van der Waals surface area contributed by atoms with Crippen molar-refractivity contribution in [3.63, 3.8) is 0 Å². The number of benzene rings is 2. The van der Waals surface area contributed by atoms with Crippen LogP contribution in [0.1, 0.15) is 31.2 Å². The number of aromatic nitrogens is 4. The van der Waals surface area contributed by atoms with E-state index in [0.717, 1.165) is 12.8 Å². The molecule has 1 fully saturated rings. The van der Waals surface area contributed by atoms with Gasteiger partial charge in [-0.1, -0.05) is 60.7 Å². The van der Waals surface area contributed by atoms with Gasteiger partial charge in [-0.05, 0) is 37.8 Å². The molecule has 48 heavy (non-hydrogen) atoms. The lowest BCUT2D eigenvalue weighted by molar-refractivity contribution is -0.0504. The molecule has 266 valence electrons. The van der Waals surface area contributed by atoms with Crippen molar-refractivity contribution in [2.75, 3.05) is 12.3 Å². The van der Waals surface area contributed by atoms with Crippen LogP contribution in [-0.4, -0.2) is 94.0 Å². The van der Waals surface area contributed by atoms with E-state index in [-0.39, 0.29) is 23.5 Å². The second kappa shape index (κ2) is 18.9. The first kappa shape index (κ1) is 40.7. The number of ether oxygens (including phenoxy) is 1. The summed E-state index contributed by atoms with van der Waals surface area (Å²) in [6.45, 7) is 3.45. The molecule has 0 saturated carbocycles. The van der Waals surface area contributed by atoms with E-state index in [2.05, 4.69) is 43.7 Å². The minimum absolute atomic E-state index is 0.142. The van der Waals surface area contributed by atoms with Gasteiger partial charge in [0.25, 0.3) is 0 Å². The number of nitrogen functional groups attached to an aromatic ring is 1. The van der Waals surface area contributed by atoms with E-state index in [1.54, 1.807) is 0 Å². The van der Waals surface area contributed by atoms with Crippen molar-refractivity contribution in [3.05, 3.63) is 84.4 Å². The van der Waals surface area contributed by atoms with Crippen LogP contribution in [-0.2, 0) is 37.1 Å². The number of nitrogens with zero attached hydrogens (tertiary/aromatic N) is 4. The van der Waals surface area contributed by atoms with Crippen LogP contribution in [0.3, 0.4) is 0 Å². The fourth-order valence-corrected chi connectivity index (χ4v) is 4.64. The number of hydrogen-bond acceptors (Lipinski definition) is 13. The number of nitrogens with two attached hydrogens (primary N) is 3. The van der Waals surface area contributed by atoms with Crippen LogP contribution in [0.25, 0.3) is 11.2 Å². The van der Waals surface area contributed by atoms with Gasteiger partial charge in [0.05, 0.1) is 12.9 Å². The average molecular weight is 716 g/mol. The van der Waals surface area contributed by atoms with Crippen LogP contribution >= 0.6 is 7.82 Å². The Morgan fingerprint density at radius 3 is 1.81 bits per heavy atom. The largest absolute Gasteiger partial charge is 0.469 e. The van der Waals surface area contributed by atoms with E-state index >= 15 is 0 Å². The molecule has 3 heterocycles. The van der Waals surface area contributed by atoms with Crippen molar-refractivity contribution >= 4 is 35.2 Å². The zero-order chi connectivity index (χ0) is 36.1. The van der Waals surface area contributed by atoms with Gasteiger partial charge in [-0.15, -0.1) is 0 Å². The van der Waals surface area contributed by atoms with Gasteiger partial charge in [0.15, 0.2) is 17.7 Å². The monoisotopic (exact) mass is 715 g/mol. The summed E-state index contributed by atoms with van der Waals surface area (Å²) in [4.78, 5) is 29.2. The molecule has 6 atom stereocenters. The SMILES string of the molecule is CC(N)Cc1ccccc1.CC(N)Cc1ccccc1.Nc1ncnc2c1ncn2[C@@H]1O[C@H](COP(=O)(O)O)[C@@H](O)[C@H]1O.O=S(=O)(O)O. The van der Waals surface area contributed by atoms with Crippen molar-refractivity contribution in [2.24, 2.45) is 11.5 Å². The Bertz CT molecular complexity index is 1620. The van der Waals surface area contributed by atoms with Gasteiger partial charge in [0.2, 0.25) is 0 Å². The van der Waals surface area contributed by atoms with Crippen LogP contribution in [0.4, 0.5) is 5.82 Å². The fraction of sp³-hybridized carbons (Fsp3) is 0.393. The highest BCUT2D eigenvalue weighted by molar-refractivity contribution is 7.79. The zero-order valence-corrected chi connectivity index (χ0v) is 27.8. The normalized spacial score (nSPS) is 20.3. The number of aliphatic hydroxyl groups excluding tert-OH is 2. The summed E-state index contributed by atoms with van der Waals surface area (Å²) >= 11 is 0. The molecule has 2 aromatic carbocycles. The van der Waals surface area contributed by atoms with E-state index < -0.39 is 49.4 Å². The molecule has 1 aliphatic heterocycles. The van der Waals surface area contributed by atoms with Gasteiger partial charge >= 0.3 is 18.2 Å². The first-order chi connectivity index (χ1) is 22.4. The van der Waals surface area contributed by atoms with Crippen molar-refractivity contribution in [2.45, 2.75) is 63.3 Å². The van der Waals surface area contributed by atoms with Crippen LogP contribution < -0.4 is 17.2 Å². The Morgan fingerprint density at radius 1 is 0.896 bits per heavy atom. The third-order valence-electron chi connectivity index (χ3n) is 6.21. The summed E-state index contributed by atoms with van der Waals surface area (Å²) in [6.07, 6.45) is -0.544. The number of imidazole rings is 1. The summed E-state index contributed by atoms with van der Waals surface area (Å²) in [5, 5.41) is 20.1. The maximum atomic E-state index is 10.7. The van der Waals surface area contributed by atoms with Crippen molar-refractivity contribution < 1.29 is 51.3 Å². The van der Waals surface area contributed by atoms with E-state index in [0.29, 0.717) is 5.52 Å².